The molecule has 0 radical (unpaired) electrons. The van der Waals surface area contributed by atoms with Crippen LogP contribution in [0, 0.1) is 5.92 Å². The molecule has 3 aromatic rings. The van der Waals surface area contributed by atoms with Gasteiger partial charge in [-0.2, -0.15) is 18.2 Å². The van der Waals surface area contributed by atoms with Crippen LogP contribution < -0.4 is 0 Å². The molecule has 0 saturated carbocycles. The van der Waals surface area contributed by atoms with E-state index in [9.17, 15) is 13.2 Å². The summed E-state index contributed by atoms with van der Waals surface area (Å²) in [6, 6.07) is 14.4. The Hall–Kier alpha value is -2.32. The second-order valence-electron chi connectivity index (χ2n) is 6.58. The van der Waals surface area contributed by atoms with Gasteiger partial charge in [-0.1, -0.05) is 41.9 Å². The van der Waals surface area contributed by atoms with Gasteiger partial charge in [-0.15, -0.1) is 16.9 Å². The van der Waals surface area contributed by atoms with Crippen LogP contribution in [0.4, 0.5) is 19.1 Å². The minimum absolute atomic E-state index is 0.0276. The molecule has 0 aliphatic carbocycles. The highest BCUT2D eigenvalue weighted by molar-refractivity contribution is 7.99. The van der Waals surface area contributed by atoms with Gasteiger partial charge in [-0.25, -0.2) is 9.67 Å². The molecule has 0 bridgehead atoms. The Kier molecular flexibility index (Phi) is 4.03. The third kappa shape index (κ3) is 2.82. The number of halogens is 4. The van der Waals surface area contributed by atoms with E-state index in [0.717, 1.165) is 21.7 Å². The molecule has 3 heterocycles. The molecule has 0 saturated heterocycles. The number of fused-ring (bicyclic) bond motifs is 4. The van der Waals surface area contributed by atoms with Gasteiger partial charge in [0.15, 0.2) is 0 Å². The number of thioether (sulfide) groups is 1. The molecule has 5 rings (SSSR count). The first-order valence-electron chi connectivity index (χ1n) is 8.52. The fourth-order valence-electron chi connectivity index (χ4n) is 3.66. The highest BCUT2D eigenvalue weighted by atomic mass is 35.5. The summed E-state index contributed by atoms with van der Waals surface area (Å²) in [4.78, 5) is 9.25. The lowest BCUT2D eigenvalue weighted by atomic mass is 9.86. The second-order valence-corrected chi connectivity index (χ2v) is 8.08. The highest BCUT2D eigenvalue weighted by Crippen LogP contribution is 2.45. The Labute approximate surface area is 167 Å². The van der Waals surface area contributed by atoms with Crippen LogP contribution in [-0.2, 0) is 6.18 Å². The van der Waals surface area contributed by atoms with Crippen molar-refractivity contribution < 1.29 is 13.2 Å². The topological polar surface area (TPSA) is 43.1 Å². The number of rotatable bonds is 1. The van der Waals surface area contributed by atoms with Crippen LogP contribution in [0.1, 0.15) is 23.0 Å². The minimum atomic E-state index is -4.63. The average Bonchev–Trinajstić information content (AvgIpc) is 3.11. The summed E-state index contributed by atoms with van der Waals surface area (Å²) < 4.78 is 41.1. The Morgan fingerprint density at radius 1 is 1.07 bits per heavy atom. The molecule has 0 amide bonds. The van der Waals surface area contributed by atoms with Gasteiger partial charge >= 0.3 is 6.18 Å². The first kappa shape index (κ1) is 17.8. The van der Waals surface area contributed by atoms with E-state index < -0.39 is 18.0 Å². The maximum absolute atomic E-state index is 13.3. The van der Waals surface area contributed by atoms with Crippen molar-refractivity contribution in [3.05, 3.63) is 70.5 Å². The van der Waals surface area contributed by atoms with E-state index >= 15 is 0 Å². The first-order chi connectivity index (χ1) is 13.4. The number of aromatic nitrogens is 3. The third-order valence-electron chi connectivity index (χ3n) is 4.88. The number of alkyl halides is 3. The lowest BCUT2D eigenvalue weighted by Gasteiger charge is -2.35. The molecule has 28 heavy (non-hydrogen) atoms. The van der Waals surface area contributed by atoms with Crippen molar-refractivity contribution in [1.29, 1.82) is 0 Å². The quantitative estimate of drug-likeness (QED) is 0.529. The van der Waals surface area contributed by atoms with Gasteiger partial charge in [0.25, 0.3) is 5.82 Å². The van der Waals surface area contributed by atoms with Gasteiger partial charge in [0.1, 0.15) is 0 Å². The minimum Gasteiger partial charge on any atom is -0.221 e. The van der Waals surface area contributed by atoms with Crippen molar-refractivity contribution in [2.45, 2.75) is 17.1 Å². The van der Waals surface area contributed by atoms with Crippen molar-refractivity contribution in [1.82, 2.24) is 14.8 Å². The summed E-state index contributed by atoms with van der Waals surface area (Å²) in [5, 5.41) is 4.34. The Bertz CT molecular complexity index is 1090. The van der Waals surface area contributed by atoms with Gasteiger partial charge in [0.05, 0.1) is 11.8 Å². The standard InChI is InChI=1S/C19H12ClF3N4S/c20-11-7-5-10(6-8-11)16-13-9-28-14-4-2-1-3-12(14)15(13)24-18-25-17(19(21,22)23)26-27(16)18/h1-8,13,16H,9H2. The van der Waals surface area contributed by atoms with Crippen LogP contribution in [0.2, 0.25) is 5.02 Å². The van der Waals surface area contributed by atoms with Crippen LogP contribution in [0.25, 0.3) is 0 Å². The van der Waals surface area contributed by atoms with Gasteiger partial charge in [0.2, 0.25) is 5.95 Å². The first-order valence-corrected chi connectivity index (χ1v) is 9.88. The summed E-state index contributed by atoms with van der Waals surface area (Å²) in [6.45, 7) is 0. The highest BCUT2D eigenvalue weighted by Gasteiger charge is 2.43. The van der Waals surface area contributed by atoms with E-state index in [2.05, 4.69) is 15.1 Å². The molecule has 1 aromatic heterocycles. The predicted octanol–water partition coefficient (Wildman–Crippen LogP) is 5.40. The fourth-order valence-corrected chi connectivity index (χ4v) is 4.98. The van der Waals surface area contributed by atoms with E-state index in [1.165, 1.54) is 4.68 Å². The summed E-state index contributed by atoms with van der Waals surface area (Å²) in [5.41, 5.74) is 2.51. The number of hydrogen-bond acceptors (Lipinski definition) is 4. The molecule has 4 nitrogen and oxygen atoms in total. The van der Waals surface area contributed by atoms with Crippen molar-refractivity contribution in [2.24, 2.45) is 10.9 Å². The molecule has 2 aliphatic heterocycles. The van der Waals surface area contributed by atoms with Crippen molar-refractivity contribution in [2.75, 3.05) is 5.75 Å². The fraction of sp³-hybridized carbons (Fsp3) is 0.211. The zero-order chi connectivity index (χ0) is 19.5. The Balaban J connectivity index is 1.73. The lowest BCUT2D eigenvalue weighted by Crippen LogP contribution is -2.36. The van der Waals surface area contributed by atoms with Gasteiger partial charge in [-0.3, -0.25) is 0 Å². The van der Waals surface area contributed by atoms with Crippen LogP contribution >= 0.6 is 23.4 Å². The zero-order valence-electron chi connectivity index (χ0n) is 14.2. The van der Waals surface area contributed by atoms with Crippen molar-refractivity contribution >= 4 is 35.0 Å². The predicted molar refractivity (Wildman–Crippen MR) is 101 cm³/mol. The van der Waals surface area contributed by atoms with Gasteiger partial charge in [0, 0.05) is 27.2 Å². The molecule has 2 aliphatic rings. The van der Waals surface area contributed by atoms with E-state index in [4.69, 9.17) is 11.6 Å². The maximum Gasteiger partial charge on any atom is 0.453 e. The number of hydrogen-bond donors (Lipinski definition) is 0. The van der Waals surface area contributed by atoms with E-state index in [1.54, 1.807) is 23.9 Å². The molecular formula is C19H12ClF3N4S. The SMILES string of the molecule is FC(F)(F)c1nc2n(n1)C(c1ccc(Cl)cc1)C1CSc3ccccc3C1=N2. The molecule has 9 heteroatoms. The van der Waals surface area contributed by atoms with E-state index in [-0.39, 0.29) is 11.9 Å². The van der Waals surface area contributed by atoms with Crippen LogP contribution in [0.5, 0.6) is 0 Å². The molecule has 142 valence electrons. The third-order valence-corrected chi connectivity index (χ3v) is 6.32. The normalized spacial score (nSPS) is 20.8. The Morgan fingerprint density at radius 3 is 2.57 bits per heavy atom. The van der Waals surface area contributed by atoms with E-state index in [1.807, 2.05) is 36.4 Å². The molecule has 2 atom stereocenters. The smallest absolute Gasteiger partial charge is 0.221 e. The molecule has 2 unspecified atom stereocenters. The zero-order valence-corrected chi connectivity index (χ0v) is 15.8. The summed E-state index contributed by atoms with van der Waals surface area (Å²) in [7, 11) is 0. The maximum atomic E-state index is 13.3. The van der Waals surface area contributed by atoms with Crippen molar-refractivity contribution in [3.63, 3.8) is 0 Å². The largest absolute Gasteiger partial charge is 0.453 e. The molecule has 0 N–H and O–H groups in total. The number of aliphatic imine (C=N–C) groups is 1. The van der Waals surface area contributed by atoms with E-state index in [0.29, 0.717) is 10.8 Å². The van der Waals surface area contributed by atoms with Gasteiger partial charge < -0.3 is 0 Å². The molecule has 0 spiro atoms. The Morgan fingerprint density at radius 2 is 1.82 bits per heavy atom. The van der Waals surface area contributed by atoms with Crippen LogP contribution in [0.3, 0.4) is 0 Å². The van der Waals surface area contributed by atoms with Crippen molar-refractivity contribution in [3.8, 4) is 0 Å². The van der Waals surface area contributed by atoms with Gasteiger partial charge in [-0.05, 0) is 23.8 Å². The van der Waals surface area contributed by atoms with Crippen LogP contribution in [-0.4, -0.2) is 26.2 Å². The number of nitrogens with zero attached hydrogens (tertiary/aromatic N) is 4. The average molecular weight is 421 g/mol. The lowest BCUT2D eigenvalue weighted by molar-refractivity contribution is -0.145. The molecule has 2 aromatic carbocycles. The summed E-state index contributed by atoms with van der Waals surface area (Å²) in [6.07, 6.45) is -4.63. The second kappa shape index (κ2) is 6.35. The summed E-state index contributed by atoms with van der Waals surface area (Å²) in [5.74, 6) is -0.647. The van der Waals surface area contributed by atoms with Crippen LogP contribution in [0.15, 0.2) is 58.4 Å². The molecule has 0 fully saturated rings. The molecular weight excluding hydrogens is 409 g/mol. The monoisotopic (exact) mass is 420 g/mol. The number of benzene rings is 2. The summed E-state index contributed by atoms with van der Waals surface area (Å²) >= 11 is 7.68.